The van der Waals surface area contributed by atoms with Crippen LogP contribution in [0.15, 0.2) is 79.1 Å². The Labute approximate surface area is 139 Å². The van der Waals surface area contributed by atoms with Gasteiger partial charge in [-0.1, -0.05) is 42.5 Å². The number of pyridine rings is 1. The Morgan fingerprint density at radius 3 is 1.71 bits per heavy atom. The van der Waals surface area contributed by atoms with Crippen molar-refractivity contribution in [3.05, 3.63) is 90.3 Å². The summed E-state index contributed by atoms with van der Waals surface area (Å²) in [5.74, 6) is -0.747. The van der Waals surface area contributed by atoms with Crippen LogP contribution in [-0.2, 0) is 0 Å². The first-order chi connectivity index (χ1) is 11.7. The molecule has 118 valence electrons. The van der Waals surface area contributed by atoms with E-state index in [1.54, 1.807) is 36.7 Å². The summed E-state index contributed by atoms with van der Waals surface area (Å²) in [6, 6.07) is 20.3. The topological polar surface area (TPSA) is 72.3 Å². The highest BCUT2D eigenvalue weighted by molar-refractivity contribution is 5.99. The molecule has 3 N–H and O–H groups in total. The average molecular weight is 318 g/mol. The zero-order valence-electron chi connectivity index (χ0n) is 12.8. The minimum absolute atomic E-state index is 0.370. The van der Waals surface area contributed by atoms with Crippen molar-refractivity contribution in [3.8, 4) is 11.1 Å². The predicted molar refractivity (Wildman–Crippen MR) is 89.8 cm³/mol. The molecule has 0 spiro atoms. The number of nitrogens with one attached hydrogen (secondary N) is 3. The van der Waals surface area contributed by atoms with Gasteiger partial charge in [0.05, 0.1) is 5.56 Å². The SMILES string of the molecule is O=C(NNC(=O)c1ccc(-c2ccccc2)cc1)c1cc[nH+]cc1. The summed E-state index contributed by atoms with van der Waals surface area (Å²) in [6.45, 7) is 0. The molecule has 0 saturated heterocycles. The van der Waals surface area contributed by atoms with Gasteiger partial charge in [-0.15, -0.1) is 0 Å². The van der Waals surface area contributed by atoms with Crippen LogP contribution in [0.3, 0.4) is 0 Å². The third kappa shape index (κ3) is 3.64. The number of aromatic amines is 1. The molecule has 5 nitrogen and oxygen atoms in total. The molecule has 0 radical (unpaired) electrons. The molecule has 0 fully saturated rings. The lowest BCUT2D eigenvalue weighted by Crippen LogP contribution is -2.41. The van der Waals surface area contributed by atoms with Gasteiger partial charge in [-0.25, -0.2) is 4.98 Å². The van der Waals surface area contributed by atoms with E-state index in [1.165, 1.54) is 0 Å². The maximum Gasteiger partial charge on any atom is 0.270 e. The molecule has 0 atom stereocenters. The zero-order valence-corrected chi connectivity index (χ0v) is 12.8. The van der Waals surface area contributed by atoms with Crippen LogP contribution < -0.4 is 15.8 Å². The number of rotatable bonds is 3. The van der Waals surface area contributed by atoms with Crippen LogP contribution in [0.4, 0.5) is 0 Å². The standard InChI is InChI=1S/C19H15N3O2/c23-18(21-22-19(24)17-10-12-20-13-11-17)16-8-6-15(7-9-16)14-4-2-1-3-5-14/h1-13H,(H,21,23)(H,22,24)/p+1. The molecule has 3 rings (SSSR count). The van der Waals surface area contributed by atoms with E-state index in [1.807, 2.05) is 42.5 Å². The quantitative estimate of drug-likeness (QED) is 0.727. The summed E-state index contributed by atoms with van der Waals surface area (Å²) in [4.78, 5) is 26.8. The minimum Gasteiger partial charge on any atom is -0.267 e. The maximum atomic E-state index is 12.1. The second kappa shape index (κ2) is 7.19. The Morgan fingerprint density at radius 2 is 1.12 bits per heavy atom. The fraction of sp³-hybridized carbons (Fsp3) is 0. The first-order valence-corrected chi connectivity index (χ1v) is 7.46. The monoisotopic (exact) mass is 318 g/mol. The Morgan fingerprint density at radius 1 is 0.625 bits per heavy atom. The van der Waals surface area contributed by atoms with Gasteiger partial charge < -0.3 is 0 Å². The molecule has 1 aromatic heterocycles. The van der Waals surface area contributed by atoms with Crippen molar-refractivity contribution in [2.75, 3.05) is 0 Å². The minimum atomic E-state index is -0.377. The van der Waals surface area contributed by atoms with E-state index in [2.05, 4.69) is 15.8 Å². The molecule has 0 saturated carbocycles. The summed E-state index contributed by atoms with van der Waals surface area (Å²) >= 11 is 0. The zero-order chi connectivity index (χ0) is 16.8. The number of hydrogen-bond acceptors (Lipinski definition) is 2. The molecule has 5 heteroatoms. The summed E-state index contributed by atoms with van der Waals surface area (Å²) in [5, 5.41) is 0. The molecule has 0 unspecified atom stereocenters. The van der Waals surface area contributed by atoms with Gasteiger partial charge in [0, 0.05) is 17.7 Å². The first-order valence-electron chi connectivity index (χ1n) is 7.46. The number of hydrogen-bond donors (Lipinski definition) is 2. The Balaban J connectivity index is 1.62. The summed E-state index contributed by atoms with van der Waals surface area (Å²) in [5.41, 5.74) is 7.83. The lowest BCUT2D eigenvalue weighted by atomic mass is 10.0. The number of H-pyrrole nitrogens is 1. The molecule has 2 aromatic carbocycles. The van der Waals surface area contributed by atoms with Crippen molar-refractivity contribution in [1.29, 1.82) is 0 Å². The lowest BCUT2D eigenvalue weighted by Gasteiger charge is -2.08. The largest absolute Gasteiger partial charge is 0.270 e. The van der Waals surface area contributed by atoms with E-state index in [0.29, 0.717) is 11.1 Å². The van der Waals surface area contributed by atoms with Gasteiger partial charge in [0.1, 0.15) is 0 Å². The molecule has 0 aliphatic rings. The molecular formula is C19H16N3O2+. The Kier molecular flexibility index (Phi) is 4.62. The molecule has 3 aromatic rings. The summed E-state index contributed by atoms with van der Waals surface area (Å²) in [7, 11) is 0. The summed E-state index contributed by atoms with van der Waals surface area (Å²) in [6.07, 6.45) is 3.28. The number of hydrazine groups is 1. The van der Waals surface area contributed by atoms with Gasteiger partial charge in [0.2, 0.25) is 0 Å². The van der Waals surface area contributed by atoms with E-state index in [-0.39, 0.29) is 11.8 Å². The van der Waals surface area contributed by atoms with Crippen LogP contribution >= 0.6 is 0 Å². The third-order valence-corrected chi connectivity index (χ3v) is 3.52. The fourth-order valence-corrected chi connectivity index (χ4v) is 2.24. The van der Waals surface area contributed by atoms with E-state index in [0.717, 1.165) is 11.1 Å². The van der Waals surface area contributed by atoms with Crippen LogP contribution in [0.1, 0.15) is 20.7 Å². The number of aromatic nitrogens is 1. The Hall–Kier alpha value is -3.47. The highest BCUT2D eigenvalue weighted by atomic mass is 16.2. The van der Waals surface area contributed by atoms with E-state index in [9.17, 15) is 9.59 Å². The van der Waals surface area contributed by atoms with E-state index < -0.39 is 0 Å². The van der Waals surface area contributed by atoms with Crippen molar-refractivity contribution in [1.82, 2.24) is 10.9 Å². The van der Waals surface area contributed by atoms with Crippen molar-refractivity contribution in [2.45, 2.75) is 0 Å². The molecule has 1 heterocycles. The molecular weight excluding hydrogens is 302 g/mol. The average Bonchev–Trinajstić information content (AvgIpc) is 2.67. The molecule has 0 aliphatic carbocycles. The van der Waals surface area contributed by atoms with Gasteiger partial charge in [-0.05, 0) is 23.3 Å². The Bertz CT molecular complexity index is 832. The molecule has 0 bridgehead atoms. The van der Waals surface area contributed by atoms with Crippen molar-refractivity contribution < 1.29 is 14.6 Å². The van der Waals surface area contributed by atoms with Crippen LogP contribution in [-0.4, -0.2) is 11.8 Å². The predicted octanol–water partition coefficient (Wildman–Crippen LogP) is 2.24. The highest BCUT2D eigenvalue weighted by Gasteiger charge is 2.09. The maximum absolute atomic E-state index is 12.1. The van der Waals surface area contributed by atoms with Crippen LogP contribution in [0.5, 0.6) is 0 Å². The molecule has 0 aliphatic heterocycles. The first kappa shape index (κ1) is 15.4. The second-order valence-electron chi connectivity index (χ2n) is 5.14. The number of carbonyl (C=O) groups excluding carboxylic acids is 2. The summed E-state index contributed by atoms with van der Waals surface area (Å²) < 4.78 is 0. The van der Waals surface area contributed by atoms with Gasteiger partial charge >= 0.3 is 0 Å². The lowest BCUT2D eigenvalue weighted by molar-refractivity contribution is -0.378. The number of benzene rings is 2. The smallest absolute Gasteiger partial charge is 0.267 e. The number of carbonyl (C=O) groups is 2. The van der Waals surface area contributed by atoms with Crippen molar-refractivity contribution >= 4 is 11.8 Å². The van der Waals surface area contributed by atoms with Crippen LogP contribution in [0.25, 0.3) is 11.1 Å². The van der Waals surface area contributed by atoms with Crippen LogP contribution in [0, 0.1) is 0 Å². The number of amides is 2. The fourth-order valence-electron chi connectivity index (χ4n) is 2.24. The van der Waals surface area contributed by atoms with Gasteiger partial charge in [0.15, 0.2) is 12.4 Å². The normalized spacial score (nSPS) is 10.0. The van der Waals surface area contributed by atoms with Gasteiger partial charge in [-0.2, -0.15) is 0 Å². The van der Waals surface area contributed by atoms with E-state index in [4.69, 9.17) is 0 Å². The van der Waals surface area contributed by atoms with Crippen LogP contribution in [0.2, 0.25) is 0 Å². The van der Waals surface area contributed by atoms with Gasteiger partial charge in [0.25, 0.3) is 11.8 Å². The molecule has 24 heavy (non-hydrogen) atoms. The van der Waals surface area contributed by atoms with Crippen molar-refractivity contribution in [2.24, 2.45) is 0 Å². The van der Waals surface area contributed by atoms with E-state index >= 15 is 0 Å². The second-order valence-corrected chi connectivity index (χ2v) is 5.14. The highest BCUT2D eigenvalue weighted by Crippen LogP contribution is 2.19. The van der Waals surface area contributed by atoms with Gasteiger partial charge in [-0.3, -0.25) is 20.4 Å². The molecule has 2 amide bonds. The van der Waals surface area contributed by atoms with Crippen molar-refractivity contribution in [3.63, 3.8) is 0 Å². The third-order valence-electron chi connectivity index (χ3n) is 3.52.